The highest BCUT2D eigenvalue weighted by Gasteiger charge is 2.39. The minimum absolute atomic E-state index is 0.0123. The Morgan fingerprint density at radius 1 is 1.38 bits per heavy atom. The van der Waals surface area contributed by atoms with Crippen LogP contribution in [0.15, 0.2) is 23.3 Å². The number of hydrogen-bond acceptors (Lipinski definition) is 0. The first-order chi connectivity index (χ1) is 5.72. The summed E-state index contributed by atoms with van der Waals surface area (Å²) in [6.07, 6.45) is -2.50. The molecule has 1 aliphatic carbocycles. The molecule has 0 radical (unpaired) electrons. The molecule has 0 aromatic heterocycles. The largest absolute Gasteiger partial charge is 0.416 e. The van der Waals surface area contributed by atoms with Crippen molar-refractivity contribution in [3.05, 3.63) is 23.3 Å². The van der Waals surface area contributed by atoms with E-state index in [1.54, 1.807) is 0 Å². The van der Waals surface area contributed by atoms with Crippen LogP contribution in [-0.2, 0) is 0 Å². The standard InChI is InChI=1S/C9H10F4/c1-6-3-4-8(2,10)5-7(6)9(11,12)13/h3,5H,4H2,1-2H3. The summed E-state index contributed by atoms with van der Waals surface area (Å²) in [7, 11) is 0. The van der Waals surface area contributed by atoms with Crippen molar-refractivity contribution in [3.63, 3.8) is 0 Å². The summed E-state index contributed by atoms with van der Waals surface area (Å²) < 4.78 is 50.0. The number of hydrogen-bond donors (Lipinski definition) is 0. The molecule has 0 fully saturated rings. The van der Waals surface area contributed by atoms with Crippen LogP contribution in [0.4, 0.5) is 17.6 Å². The smallest absolute Gasteiger partial charge is 0.239 e. The van der Waals surface area contributed by atoms with E-state index in [-0.39, 0.29) is 12.0 Å². The maximum Gasteiger partial charge on any atom is 0.416 e. The Kier molecular flexibility index (Phi) is 2.26. The molecule has 0 saturated heterocycles. The maximum absolute atomic E-state index is 13.2. The lowest BCUT2D eigenvalue weighted by molar-refractivity contribution is -0.0907. The van der Waals surface area contributed by atoms with Crippen LogP contribution in [0.1, 0.15) is 20.3 Å². The lowest BCUT2D eigenvalue weighted by Gasteiger charge is -2.23. The van der Waals surface area contributed by atoms with Crippen molar-refractivity contribution in [1.29, 1.82) is 0 Å². The van der Waals surface area contributed by atoms with Gasteiger partial charge in [0, 0.05) is 6.42 Å². The molecule has 13 heavy (non-hydrogen) atoms. The zero-order valence-corrected chi connectivity index (χ0v) is 7.37. The van der Waals surface area contributed by atoms with Gasteiger partial charge in [0.1, 0.15) is 5.67 Å². The summed E-state index contributed by atoms with van der Waals surface area (Å²) in [6, 6.07) is 0. The molecule has 0 bridgehead atoms. The van der Waals surface area contributed by atoms with Crippen molar-refractivity contribution in [1.82, 2.24) is 0 Å². The Morgan fingerprint density at radius 2 is 1.92 bits per heavy atom. The third kappa shape index (κ3) is 2.32. The Labute approximate surface area is 73.9 Å². The molecule has 0 spiro atoms. The van der Waals surface area contributed by atoms with Crippen LogP contribution in [0.25, 0.3) is 0 Å². The first-order valence-electron chi connectivity index (χ1n) is 3.88. The van der Waals surface area contributed by atoms with Gasteiger partial charge in [0.05, 0.1) is 5.57 Å². The van der Waals surface area contributed by atoms with Crippen LogP contribution >= 0.6 is 0 Å². The van der Waals surface area contributed by atoms with Crippen LogP contribution in [0.2, 0.25) is 0 Å². The van der Waals surface area contributed by atoms with Gasteiger partial charge in [-0.3, -0.25) is 0 Å². The molecule has 1 rings (SSSR count). The van der Waals surface area contributed by atoms with E-state index >= 15 is 0 Å². The summed E-state index contributed by atoms with van der Waals surface area (Å²) in [5.74, 6) is 0. The van der Waals surface area contributed by atoms with Gasteiger partial charge in [-0.1, -0.05) is 6.08 Å². The van der Waals surface area contributed by atoms with Crippen molar-refractivity contribution >= 4 is 0 Å². The third-order valence-electron chi connectivity index (χ3n) is 1.98. The highest BCUT2D eigenvalue weighted by Crippen LogP contribution is 2.38. The fourth-order valence-electron chi connectivity index (χ4n) is 1.24. The van der Waals surface area contributed by atoms with Gasteiger partial charge >= 0.3 is 6.18 Å². The molecule has 0 aliphatic heterocycles. The summed E-state index contributed by atoms with van der Waals surface area (Å²) >= 11 is 0. The van der Waals surface area contributed by atoms with Gasteiger partial charge in [-0.15, -0.1) is 0 Å². The van der Waals surface area contributed by atoms with Gasteiger partial charge in [0.15, 0.2) is 0 Å². The zero-order chi connectivity index (χ0) is 10.3. The number of halogens is 4. The molecule has 0 amide bonds. The molecule has 0 heterocycles. The van der Waals surface area contributed by atoms with Crippen LogP contribution in [0, 0.1) is 0 Å². The molecular weight excluding hydrogens is 184 g/mol. The van der Waals surface area contributed by atoms with Crippen molar-refractivity contribution in [2.24, 2.45) is 0 Å². The topological polar surface area (TPSA) is 0 Å². The SMILES string of the molecule is CC1=CCC(C)(F)C=C1C(F)(F)F. The first kappa shape index (κ1) is 10.3. The van der Waals surface area contributed by atoms with Gasteiger partial charge in [-0.25, -0.2) is 4.39 Å². The van der Waals surface area contributed by atoms with Crippen LogP contribution in [0.5, 0.6) is 0 Å². The molecule has 0 saturated carbocycles. The normalized spacial score (nSPS) is 29.7. The Morgan fingerprint density at radius 3 is 2.31 bits per heavy atom. The van der Waals surface area contributed by atoms with Crippen molar-refractivity contribution in [2.75, 3.05) is 0 Å². The van der Waals surface area contributed by atoms with Gasteiger partial charge in [-0.05, 0) is 25.5 Å². The van der Waals surface area contributed by atoms with E-state index < -0.39 is 17.4 Å². The maximum atomic E-state index is 13.2. The Balaban J connectivity index is 3.06. The molecule has 0 aromatic rings. The summed E-state index contributed by atoms with van der Waals surface area (Å²) in [5.41, 5.74) is -2.63. The van der Waals surface area contributed by atoms with Crippen LogP contribution in [-0.4, -0.2) is 11.8 Å². The highest BCUT2D eigenvalue weighted by molar-refractivity contribution is 5.39. The van der Waals surface area contributed by atoms with Crippen LogP contribution in [0.3, 0.4) is 0 Å². The number of rotatable bonds is 0. The predicted octanol–water partition coefficient (Wildman–Crippen LogP) is 3.55. The van der Waals surface area contributed by atoms with E-state index in [1.807, 2.05) is 0 Å². The summed E-state index contributed by atoms with van der Waals surface area (Å²) in [5, 5.41) is 0. The fourth-order valence-corrected chi connectivity index (χ4v) is 1.24. The average molecular weight is 194 g/mol. The minimum Gasteiger partial charge on any atom is -0.239 e. The second-order valence-electron chi connectivity index (χ2n) is 3.43. The van der Waals surface area contributed by atoms with Gasteiger partial charge < -0.3 is 0 Å². The van der Waals surface area contributed by atoms with Crippen molar-refractivity contribution in [3.8, 4) is 0 Å². The average Bonchev–Trinajstić information content (AvgIpc) is 1.92. The molecule has 1 unspecified atom stereocenters. The lowest BCUT2D eigenvalue weighted by Crippen LogP contribution is -2.24. The molecule has 0 N–H and O–H groups in total. The summed E-state index contributed by atoms with van der Waals surface area (Å²) in [4.78, 5) is 0. The van der Waals surface area contributed by atoms with Gasteiger partial charge in [0.25, 0.3) is 0 Å². The molecule has 74 valence electrons. The van der Waals surface area contributed by atoms with E-state index in [0.717, 1.165) is 6.92 Å². The second-order valence-corrected chi connectivity index (χ2v) is 3.43. The van der Waals surface area contributed by atoms with Gasteiger partial charge in [0.2, 0.25) is 0 Å². The third-order valence-corrected chi connectivity index (χ3v) is 1.98. The number of allylic oxidation sites excluding steroid dienone is 4. The van der Waals surface area contributed by atoms with Crippen molar-refractivity contribution in [2.45, 2.75) is 32.1 Å². The second kappa shape index (κ2) is 2.86. The zero-order valence-electron chi connectivity index (χ0n) is 7.37. The minimum atomic E-state index is -4.45. The highest BCUT2D eigenvalue weighted by atomic mass is 19.4. The number of alkyl halides is 4. The Bertz CT molecular complexity index is 268. The van der Waals surface area contributed by atoms with Gasteiger partial charge in [-0.2, -0.15) is 13.2 Å². The molecule has 4 heteroatoms. The fraction of sp³-hybridized carbons (Fsp3) is 0.556. The predicted molar refractivity (Wildman–Crippen MR) is 42.0 cm³/mol. The first-order valence-corrected chi connectivity index (χ1v) is 3.88. The van der Waals surface area contributed by atoms with E-state index in [9.17, 15) is 17.6 Å². The van der Waals surface area contributed by atoms with E-state index in [2.05, 4.69) is 0 Å². The van der Waals surface area contributed by atoms with E-state index in [4.69, 9.17) is 0 Å². The van der Waals surface area contributed by atoms with E-state index in [1.165, 1.54) is 13.0 Å². The summed E-state index contributed by atoms with van der Waals surface area (Å²) in [6.45, 7) is 2.48. The van der Waals surface area contributed by atoms with Crippen LogP contribution < -0.4 is 0 Å². The molecule has 1 atom stereocenters. The lowest BCUT2D eigenvalue weighted by atomic mass is 9.90. The molecule has 0 nitrogen and oxygen atoms in total. The molecule has 0 aromatic carbocycles. The molecular formula is C9H10F4. The Hall–Kier alpha value is -0.800. The van der Waals surface area contributed by atoms with E-state index in [0.29, 0.717) is 6.08 Å². The quantitative estimate of drug-likeness (QED) is 0.517. The molecule has 1 aliphatic rings. The van der Waals surface area contributed by atoms with Crippen molar-refractivity contribution < 1.29 is 17.6 Å². The monoisotopic (exact) mass is 194 g/mol.